The quantitative estimate of drug-likeness (QED) is 0.777. The average molecular weight is 414 g/mol. The Balaban J connectivity index is 2.28. The smallest absolute Gasteiger partial charge is 0.302 e. The van der Waals surface area contributed by atoms with Crippen LogP contribution in [-0.2, 0) is 21.4 Å². The van der Waals surface area contributed by atoms with Crippen LogP contribution in [0.1, 0.15) is 0 Å². The first kappa shape index (κ1) is 17.8. The van der Waals surface area contributed by atoms with E-state index in [9.17, 15) is 13.0 Å². The van der Waals surface area contributed by atoms with Crippen LogP contribution in [-0.4, -0.2) is 42.6 Å². The summed E-state index contributed by atoms with van der Waals surface area (Å²) in [4.78, 5) is -0.497. The molecule has 0 saturated heterocycles. The molecular weight excluding hydrogens is 403 g/mol. The number of benzene rings is 1. The Kier molecular flexibility index (Phi) is 4.71. The summed E-state index contributed by atoms with van der Waals surface area (Å²) in [5.74, 6) is -0.0946. The Labute approximate surface area is 152 Å². The third-order valence-corrected chi connectivity index (χ3v) is 5.18. The number of hydrogen-bond acceptors (Lipinski definition) is 5. The van der Waals surface area contributed by atoms with Gasteiger partial charge in [0.1, 0.15) is 18.4 Å². The summed E-state index contributed by atoms with van der Waals surface area (Å²) in [6.45, 7) is 0.365. The molecule has 2 aromatic rings. The van der Waals surface area contributed by atoms with Crippen LogP contribution in [0, 0.1) is 0 Å². The van der Waals surface area contributed by atoms with E-state index in [0.29, 0.717) is 0 Å². The molecule has 1 N–H and O–H groups in total. The summed E-state index contributed by atoms with van der Waals surface area (Å²) in [5.41, 5.74) is 0.0192. The topological polar surface area (TPSA) is 90.7 Å². The van der Waals surface area contributed by atoms with E-state index in [1.807, 2.05) is 0 Å². The van der Waals surface area contributed by atoms with Crippen LogP contribution in [0.15, 0.2) is 17.0 Å². The Hall–Kier alpha value is -1.03. The number of aromatic nitrogens is 2. The fourth-order valence-electron chi connectivity index (χ4n) is 2.42. The molecule has 0 radical (unpaired) electrons. The van der Waals surface area contributed by atoms with Gasteiger partial charge < -0.3 is 9.47 Å². The van der Waals surface area contributed by atoms with Crippen LogP contribution in [0.5, 0.6) is 5.88 Å². The molecule has 24 heavy (non-hydrogen) atoms. The molecule has 0 bridgehead atoms. The maximum Gasteiger partial charge on any atom is 0.302 e. The van der Waals surface area contributed by atoms with Crippen molar-refractivity contribution in [2.24, 2.45) is 0 Å². The molecule has 0 unspecified atom stereocenters. The van der Waals surface area contributed by atoms with Crippen molar-refractivity contribution in [1.29, 1.82) is 0 Å². The van der Waals surface area contributed by atoms with E-state index in [0.717, 1.165) is 0 Å². The number of nitrogens with zero attached hydrogens (tertiary/aromatic N) is 2. The first-order valence-corrected chi connectivity index (χ1v) is 9.18. The van der Waals surface area contributed by atoms with Crippen molar-refractivity contribution >= 4 is 44.9 Å². The maximum absolute atomic E-state index is 11.9. The number of rotatable bonds is 3. The lowest BCUT2D eigenvalue weighted by Gasteiger charge is -2.22. The van der Waals surface area contributed by atoms with Crippen molar-refractivity contribution in [3.8, 4) is 17.1 Å². The highest BCUT2D eigenvalue weighted by Gasteiger charge is 2.35. The zero-order valence-corrected chi connectivity index (χ0v) is 15.2. The summed E-state index contributed by atoms with van der Waals surface area (Å²) in [5, 5.41) is 4.66. The van der Waals surface area contributed by atoms with Crippen molar-refractivity contribution in [3.63, 3.8) is 0 Å². The largest absolute Gasteiger partial charge is 0.474 e. The number of ether oxygens (including phenoxy) is 2. The van der Waals surface area contributed by atoms with Crippen LogP contribution in [0.25, 0.3) is 11.3 Å². The fraction of sp³-hybridized carbons (Fsp3) is 0.308. The van der Waals surface area contributed by atoms with Gasteiger partial charge in [0.05, 0.1) is 16.6 Å². The van der Waals surface area contributed by atoms with Gasteiger partial charge >= 0.3 is 10.1 Å². The predicted octanol–water partition coefficient (Wildman–Crippen LogP) is 3.16. The minimum absolute atomic E-state index is 0.0936. The van der Waals surface area contributed by atoms with Crippen molar-refractivity contribution in [3.05, 3.63) is 27.2 Å². The van der Waals surface area contributed by atoms with Gasteiger partial charge in [-0.1, -0.05) is 34.8 Å². The van der Waals surface area contributed by atoms with E-state index in [2.05, 4.69) is 5.10 Å². The Bertz CT molecular complexity index is 890. The van der Waals surface area contributed by atoms with Crippen molar-refractivity contribution in [2.45, 2.75) is 17.5 Å². The molecular formula is C13H11Cl3N2O5S. The van der Waals surface area contributed by atoms with Gasteiger partial charge in [-0.25, -0.2) is 4.68 Å². The Morgan fingerprint density at radius 2 is 1.96 bits per heavy atom. The molecule has 1 aromatic heterocycles. The molecule has 7 nitrogen and oxygen atoms in total. The number of methoxy groups -OCH3 is 1. The minimum Gasteiger partial charge on any atom is -0.474 e. The minimum atomic E-state index is -4.65. The summed E-state index contributed by atoms with van der Waals surface area (Å²) >= 11 is 18.2. The molecule has 1 aliphatic rings. The Morgan fingerprint density at radius 3 is 2.50 bits per heavy atom. The maximum atomic E-state index is 11.9. The number of halogens is 3. The molecule has 1 atom stereocenters. The Morgan fingerprint density at radius 1 is 1.33 bits per heavy atom. The van der Waals surface area contributed by atoms with Crippen molar-refractivity contribution < 1.29 is 22.4 Å². The summed E-state index contributed by atoms with van der Waals surface area (Å²) in [7, 11) is -3.15. The third-order valence-electron chi connectivity index (χ3n) is 3.48. The average Bonchev–Trinajstić information content (AvgIpc) is 2.83. The van der Waals surface area contributed by atoms with Crippen LogP contribution < -0.4 is 4.74 Å². The molecule has 0 fully saturated rings. The zero-order valence-electron chi connectivity index (χ0n) is 12.2. The van der Waals surface area contributed by atoms with Gasteiger partial charge in [0.2, 0.25) is 5.88 Å². The molecule has 1 aromatic carbocycles. The number of fused-ring (bicyclic) bond motifs is 1. The van der Waals surface area contributed by atoms with Gasteiger partial charge in [-0.2, -0.15) is 13.5 Å². The molecule has 11 heteroatoms. The highest BCUT2D eigenvalue weighted by Crippen LogP contribution is 2.43. The van der Waals surface area contributed by atoms with Crippen LogP contribution in [0.2, 0.25) is 15.1 Å². The van der Waals surface area contributed by atoms with Crippen LogP contribution >= 0.6 is 34.8 Å². The third kappa shape index (κ3) is 3.10. The molecule has 0 saturated carbocycles. The second-order valence-electron chi connectivity index (χ2n) is 5.05. The molecule has 3 rings (SSSR count). The van der Waals surface area contributed by atoms with Gasteiger partial charge in [0, 0.05) is 17.7 Å². The zero-order chi connectivity index (χ0) is 17.6. The summed E-state index contributed by atoms with van der Waals surface area (Å²) in [6, 6.07) is 2.80. The lowest BCUT2D eigenvalue weighted by molar-refractivity contribution is 0.0164. The van der Waals surface area contributed by atoms with E-state index >= 15 is 0 Å². The van der Waals surface area contributed by atoms with Gasteiger partial charge in [0.25, 0.3) is 0 Å². The van der Waals surface area contributed by atoms with Gasteiger partial charge in [-0.05, 0) is 12.1 Å². The van der Waals surface area contributed by atoms with E-state index in [1.165, 1.54) is 23.9 Å². The van der Waals surface area contributed by atoms with E-state index in [4.69, 9.17) is 44.3 Å². The van der Waals surface area contributed by atoms with Crippen LogP contribution in [0.3, 0.4) is 0 Å². The SMILES string of the molecule is CO[C@H]1COc2c(S(=O)(=O)O)c(-c3c(Cl)cc(Cl)cc3Cl)nn2C1. The molecule has 130 valence electrons. The second-order valence-corrected chi connectivity index (χ2v) is 7.66. The van der Waals surface area contributed by atoms with Gasteiger partial charge in [0.15, 0.2) is 4.90 Å². The normalized spacial score (nSPS) is 17.5. The van der Waals surface area contributed by atoms with E-state index < -0.39 is 15.0 Å². The number of hydrogen-bond donors (Lipinski definition) is 1. The van der Waals surface area contributed by atoms with Crippen LogP contribution in [0.4, 0.5) is 0 Å². The summed E-state index contributed by atoms with van der Waals surface area (Å²) < 4.78 is 45.3. The second kappa shape index (κ2) is 6.36. The lowest BCUT2D eigenvalue weighted by atomic mass is 10.1. The summed E-state index contributed by atoms with van der Waals surface area (Å²) in [6.07, 6.45) is -0.310. The molecule has 2 heterocycles. The first-order valence-electron chi connectivity index (χ1n) is 6.61. The van der Waals surface area contributed by atoms with Crippen molar-refractivity contribution in [1.82, 2.24) is 9.78 Å². The van der Waals surface area contributed by atoms with E-state index in [1.54, 1.807) is 0 Å². The van der Waals surface area contributed by atoms with Gasteiger partial charge in [-0.3, -0.25) is 4.55 Å². The molecule has 1 aliphatic heterocycles. The van der Waals surface area contributed by atoms with Gasteiger partial charge in [-0.15, -0.1) is 0 Å². The molecule has 0 amide bonds. The van der Waals surface area contributed by atoms with E-state index in [-0.39, 0.29) is 51.5 Å². The molecule has 0 spiro atoms. The fourth-order valence-corrected chi connectivity index (χ4v) is 4.19. The first-order chi connectivity index (χ1) is 11.2. The lowest BCUT2D eigenvalue weighted by Crippen LogP contribution is -2.32. The predicted molar refractivity (Wildman–Crippen MR) is 88.8 cm³/mol. The standard InChI is InChI=1S/C13H11Cl3N2O5S/c1-22-7-4-18-13(23-5-7)12(24(19,20)21)11(17-18)10-8(15)2-6(14)3-9(10)16/h2-3,7H,4-5H2,1H3,(H,19,20,21)/t7-/m1/s1. The monoisotopic (exact) mass is 412 g/mol. The highest BCUT2D eigenvalue weighted by molar-refractivity contribution is 7.86. The highest BCUT2D eigenvalue weighted by atomic mass is 35.5. The molecule has 0 aliphatic carbocycles. The van der Waals surface area contributed by atoms with Crippen molar-refractivity contribution in [2.75, 3.05) is 13.7 Å².